The molecule has 0 aliphatic carbocycles. The molecule has 3 nitrogen and oxygen atoms in total. The highest BCUT2D eigenvalue weighted by atomic mass is 16.5. The second kappa shape index (κ2) is 5.17. The number of ether oxygens (including phenoxy) is 1. The average molecular weight is 258 g/mol. The Bertz CT molecular complexity index is 553. The molecule has 102 valence electrons. The minimum atomic E-state index is -0.0432. The van der Waals surface area contributed by atoms with Crippen LogP contribution in [0.3, 0.4) is 0 Å². The Kier molecular flexibility index (Phi) is 3.76. The molecule has 0 bridgehead atoms. The largest absolute Gasteiger partial charge is 0.488 e. The molecule has 1 aromatic heterocycles. The van der Waals surface area contributed by atoms with Crippen molar-refractivity contribution in [3.05, 3.63) is 36.5 Å². The first-order valence-corrected chi connectivity index (χ1v) is 6.65. The van der Waals surface area contributed by atoms with E-state index in [1.807, 2.05) is 37.3 Å². The van der Waals surface area contributed by atoms with Crippen LogP contribution in [0.25, 0.3) is 10.9 Å². The summed E-state index contributed by atoms with van der Waals surface area (Å²) in [5, 5.41) is 1.03. The van der Waals surface area contributed by atoms with E-state index in [-0.39, 0.29) is 17.6 Å². The van der Waals surface area contributed by atoms with Crippen molar-refractivity contribution in [3.63, 3.8) is 0 Å². The first kappa shape index (κ1) is 13.8. The molecule has 0 radical (unpaired) electrons. The van der Waals surface area contributed by atoms with Gasteiger partial charge in [0.25, 0.3) is 0 Å². The first-order valence-electron chi connectivity index (χ1n) is 6.65. The lowest BCUT2D eigenvalue weighted by molar-refractivity contribution is 0.0699. The van der Waals surface area contributed by atoms with Crippen LogP contribution in [0.15, 0.2) is 36.5 Å². The molecule has 1 heterocycles. The Morgan fingerprint density at radius 1 is 1.16 bits per heavy atom. The zero-order valence-corrected chi connectivity index (χ0v) is 12.1. The smallest absolute Gasteiger partial charge is 0.129 e. The van der Waals surface area contributed by atoms with E-state index in [4.69, 9.17) is 10.5 Å². The van der Waals surface area contributed by atoms with Crippen LogP contribution in [0.2, 0.25) is 0 Å². The minimum absolute atomic E-state index is 0.0153. The maximum atomic E-state index is 6.19. The van der Waals surface area contributed by atoms with Crippen LogP contribution in [-0.2, 0) is 0 Å². The summed E-state index contributed by atoms with van der Waals surface area (Å²) in [6.45, 7) is 8.42. The number of rotatable bonds is 3. The van der Waals surface area contributed by atoms with Gasteiger partial charge < -0.3 is 10.5 Å². The van der Waals surface area contributed by atoms with Gasteiger partial charge in [-0.15, -0.1) is 0 Å². The molecule has 0 saturated carbocycles. The molecule has 2 rings (SSSR count). The number of benzene rings is 1. The van der Waals surface area contributed by atoms with E-state index in [1.165, 1.54) is 0 Å². The van der Waals surface area contributed by atoms with Crippen LogP contribution in [0, 0.1) is 5.41 Å². The second-order valence-electron chi connectivity index (χ2n) is 6.09. The SMILES string of the molecule is CC(N)C(Oc1cccc2ncccc12)C(C)(C)C. The number of nitrogens with two attached hydrogens (primary N) is 1. The van der Waals surface area contributed by atoms with Crippen LogP contribution in [0.1, 0.15) is 27.7 Å². The van der Waals surface area contributed by atoms with Crippen molar-refractivity contribution in [2.24, 2.45) is 11.1 Å². The second-order valence-corrected chi connectivity index (χ2v) is 6.09. The summed E-state index contributed by atoms with van der Waals surface area (Å²) in [5.41, 5.74) is 7.00. The summed E-state index contributed by atoms with van der Waals surface area (Å²) in [6, 6.07) is 9.84. The average Bonchev–Trinajstić information content (AvgIpc) is 2.34. The number of aromatic nitrogens is 1. The van der Waals surface area contributed by atoms with E-state index in [2.05, 4.69) is 25.8 Å². The van der Waals surface area contributed by atoms with Gasteiger partial charge in [-0.2, -0.15) is 0 Å². The Balaban J connectivity index is 2.40. The highest BCUT2D eigenvalue weighted by Crippen LogP contribution is 2.30. The topological polar surface area (TPSA) is 48.1 Å². The number of hydrogen-bond donors (Lipinski definition) is 1. The Morgan fingerprint density at radius 2 is 1.89 bits per heavy atom. The van der Waals surface area contributed by atoms with Crippen molar-refractivity contribution in [2.45, 2.75) is 39.8 Å². The van der Waals surface area contributed by atoms with Crippen LogP contribution in [0.5, 0.6) is 5.75 Å². The van der Waals surface area contributed by atoms with Gasteiger partial charge in [-0.05, 0) is 31.2 Å². The van der Waals surface area contributed by atoms with E-state index in [1.54, 1.807) is 6.20 Å². The number of pyridine rings is 1. The standard InChI is InChI=1S/C16H22N2O/c1-11(17)15(16(2,3)4)19-14-9-5-8-13-12(14)7-6-10-18-13/h5-11,15H,17H2,1-4H3. The summed E-state index contributed by atoms with van der Waals surface area (Å²) in [7, 11) is 0. The number of nitrogens with zero attached hydrogens (tertiary/aromatic N) is 1. The van der Waals surface area contributed by atoms with Crippen molar-refractivity contribution < 1.29 is 4.74 Å². The van der Waals surface area contributed by atoms with Crippen LogP contribution < -0.4 is 10.5 Å². The van der Waals surface area contributed by atoms with Crippen molar-refractivity contribution in [2.75, 3.05) is 0 Å². The maximum absolute atomic E-state index is 6.19. The van der Waals surface area contributed by atoms with Gasteiger partial charge in [0.15, 0.2) is 0 Å². The van der Waals surface area contributed by atoms with Gasteiger partial charge in [0.05, 0.1) is 5.52 Å². The molecule has 2 aromatic rings. The van der Waals surface area contributed by atoms with Crippen molar-refractivity contribution >= 4 is 10.9 Å². The van der Waals surface area contributed by atoms with Gasteiger partial charge >= 0.3 is 0 Å². The van der Waals surface area contributed by atoms with Crippen molar-refractivity contribution in [3.8, 4) is 5.75 Å². The Hall–Kier alpha value is -1.61. The number of hydrogen-bond acceptors (Lipinski definition) is 3. The van der Waals surface area contributed by atoms with E-state index in [9.17, 15) is 0 Å². The first-order chi connectivity index (χ1) is 8.89. The normalized spacial score (nSPS) is 15.2. The van der Waals surface area contributed by atoms with E-state index < -0.39 is 0 Å². The molecule has 0 saturated heterocycles. The Morgan fingerprint density at radius 3 is 2.53 bits per heavy atom. The molecule has 1 aromatic carbocycles. The van der Waals surface area contributed by atoms with E-state index in [0.717, 1.165) is 16.7 Å². The molecule has 0 amide bonds. The highest BCUT2D eigenvalue weighted by Gasteiger charge is 2.30. The molecule has 2 atom stereocenters. The fraction of sp³-hybridized carbons (Fsp3) is 0.438. The molecule has 19 heavy (non-hydrogen) atoms. The fourth-order valence-electron chi connectivity index (χ4n) is 2.39. The maximum Gasteiger partial charge on any atom is 0.129 e. The molecule has 2 unspecified atom stereocenters. The third kappa shape index (κ3) is 3.04. The lowest BCUT2D eigenvalue weighted by atomic mass is 9.85. The molecule has 3 heteroatoms. The molecule has 0 aliphatic heterocycles. The number of fused-ring (bicyclic) bond motifs is 1. The third-order valence-electron chi connectivity index (χ3n) is 3.19. The van der Waals surface area contributed by atoms with Gasteiger partial charge in [-0.3, -0.25) is 4.98 Å². The zero-order valence-electron chi connectivity index (χ0n) is 12.1. The minimum Gasteiger partial charge on any atom is -0.488 e. The Labute approximate surface area is 114 Å². The predicted octanol–water partition coefficient (Wildman–Crippen LogP) is 3.38. The fourth-order valence-corrected chi connectivity index (χ4v) is 2.39. The molecule has 0 spiro atoms. The van der Waals surface area contributed by atoms with Gasteiger partial charge in [0, 0.05) is 23.0 Å². The van der Waals surface area contributed by atoms with Gasteiger partial charge in [-0.1, -0.05) is 26.8 Å². The van der Waals surface area contributed by atoms with Crippen LogP contribution in [-0.4, -0.2) is 17.1 Å². The van der Waals surface area contributed by atoms with Crippen molar-refractivity contribution in [1.82, 2.24) is 4.98 Å². The lowest BCUT2D eigenvalue weighted by Crippen LogP contribution is -2.45. The van der Waals surface area contributed by atoms with Gasteiger partial charge in [0.1, 0.15) is 11.9 Å². The third-order valence-corrected chi connectivity index (χ3v) is 3.19. The van der Waals surface area contributed by atoms with E-state index in [0.29, 0.717) is 0 Å². The van der Waals surface area contributed by atoms with Crippen LogP contribution in [0.4, 0.5) is 0 Å². The summed E-state index contributed by atoms with van der Waals surface area (Å²) >= 11 is 0. The van der Waals surface area contributed by atoms with Crippen LogP contribution >= 0.6 is 0 Å². The quantitative estimate of drug-likeness (QED) is 0.918. The molecule has 2 N–H and O–H groups in total. The lowest BCUT2D eigenvalue weighted by Gasteiger charge is -2.34. The monoisotopic (exact) mass is 258 g/mol. The predicted molar refractivity (Wildman–Crippen MR) is 79.3 cm³/mol. The summed E-state index contributed by atoms with van der Waals surface area (Å²) in [6.07, 6.45) is 1.75. The van der Waals surface area contributed by atoms with E-state index >= 15 is 0 Å². The highest BCUT2D eigenvalue weighted by molar-refractivity contribution is 5.84. The summed E-state index contributed by atoms with van der Waals surface area (Å²) < 4.78 is 6.19. The van der Waals surface area contributed by atoms with Gasteiger partial charge in [-0.25, -0.2) is 0 Å². The molecule has 0 aliphatic rings. The molecule has 0 fully saturated rings. The summed E-state index contributed by atoms with van der Waals surface area (Å²) in [4.78, 5) is 4.34. The molecular formula is C16H22N2O. The zero-order chi connectivity index (χ0) is 14.0. The van der Waals surface area contributed by atoms with Crippen molar-refractivity contribution in [1.29, 1.82) is 0 Å². The molecular weight excluding hydrogens is 236 g/mol. The van der Waals surface area contributed by atoms with Gasteiger partial charge in [0.2, 0.25) is 0 Å². The summed E-state index contributed by atoms with van der Waals surface area (Å²) in [5.74, 6) is 0.850.